The molecule has 2 atom stereocenters. The van der Waals surface area contributed by atoms with E-state index in [2.05, 4.69) is 5.32 Å². The molecule has 8 heteroatoms. The van der Waals surface area contributed by atoms with Crippen LogP contribution in [0.15, 0.2) is 0 Å². The van der Waals surface area contributed by atoms with Crippen LogP contribution in [0.2, 0.25) is 0 Å². The van der Waals surface area contributed by atoms with Crippen LogP contribution in [0.3, 0.4) is 0 Å². The number of thioether (sulfide) groups is 2. The highest BCUT2D eigenvalue weighted by atomic mass is 32.2. The largest absolute Gasteiger partial charge is 0.449 e. The van der Waals surface area contributed by atoms with E-state index in [1.54, 1.807) is 4.90 Å². The van der Waals surface area contributed by atoms with E-state index in [1.165, 1.54) is 12.8 Å². The predicted molar refractivity (Wildman–Crippen MR) is 118 cm³/mol. The molecule has 2 amide bonds. The second kappa shape index (κ2) is 10.4. The van der Waals surface area contributed by atoms with Gasteiger partial charge in [-0.1, -0.05) is 33.1 Å². The Hall–Kier alpha value is -0.890. The number of hydrogen-bond acceptors (Lipinski definition) is 6. The number of carbonyl (C=O) groups excluding carboxylic acids is 3. The molecular formula is C21H34N2O4S2. The third kappa shape index (κ3) is 5.84. The molecule has 6 nitrogen and oxygen atoms in total. The Morgan fingerprint density at radius 3 is 2.48 bits per heavy atom. The summed E-state index contributed by atoms with van der Waals surface area (Å²) >= 11 is 3.77. The number of likely N-dealkylation sites (tertiary alicyclic amines) is 1. The first-order chi connectivity index (χ1) is 13.9. The standard InChI is InChI=1S/C21H34N2O4S2/c1-15(2)13-27-20(26)22-18(16-7-4-3-5-8-16)19(25)23-14-21(11-17(23)12-24)28-9-6-10-29-21/h12,15-18H,3-11,13-14H2,1-2H3,(H,22,26)/t17-,18-/m0/s1. The summed E-state index contributed by atoms with van der Waals surface area (Å²) in [6.45, 7) is 4.87. The Kier molecular flexibility index (Phi) is 8.19. The Bertz CT molecular complexity index is 589. The Labute approximate surface area is 182 Å². The van der Waals surface area contributed by atoms with Crippen LogP contribution in [-0.4, -0.2) is 64.0 Å². The Morgan fingerprint density at radius 2 is 1.86 bits per heavy atom. The third-order valence-corrected chi connectivity index (χ3v) is 9.34. The van der Waals surface area contributed by atoms with Crippen molar-refractivity contribution in [1.82, 2.24) is 10.2 Å². The number of amides is 2. The highest BCUT2D eigenvalue weighted by Crippen LogP contribution is 2.50. The van der Waals surface area contributed by atoms with Gasteiger partial charge in [0.25, 0.3) is 0 Å². The average molecular weight is 443 g/mol. The molecule has 2 saturated heterocycles. The van der Waals surface area contributed by atoms with Gasteiger partial charge < -0.3 is 19.7 Å². The first-order valence-electron chi connectivity index (χ1n) is 10.9. The fourth-order valence-corrected chi connectivity index (χ4v) is 7.87. The van der Waals surface area contributed by atoms with Crippen LogP contribution in [0.4, 0.5) is 4.79 Å². The van der Waals surface area contributed by atoms with Gasteiger partial charge in [-0.15, -0.1) is 23.5 Å². The molecule has 1 saturated carbocycles. The predicted octanol–water partition coefficient (Wildman–Crippen LogP) is 3.68. The van der Waals surface area contributed by atoms with Crippen molar-refractivity contribution in [3.05, 3.63) is 0 Å². The zero-order valence-corrected chi connectivity index (χ0v) is 19.2. The number of carbonyl (C=O) groups is 3. The number of alkyl carbamates (subject to hydrolysis) is 1. The molecule has 0 unspecified atom stereocenters. The van der Waals surface area contributed by atoms with Crippen LogP contribution in [0.25, 0.3) is 0 Å². The van der Waals surface area contributed by atoms with Crippen molar-refractivity contribution >= 4 is 41.8 Å². The van der Waals surface area contributed by atoms with Gasteiger partial charge in [-0.05, 0) is 42.6 Å². The minimum atomic E-state index is -0.605. The summed E-state index contributed by atoms with van der Waals surface area (Å²) in [6, 6.07) is -1.01. The summed E-state index contributed by atoms with van der Waals surface area (Å²) in [5.74, 6) is 2.39. The Balaban J connectivity index is 1.73. The quantitative estimate of drug-likeness (QED) is 0.633. The van der Waals surface area contributed by atoms with Crippen molar-refractivity contribution in [2.75, 3.05) is 24.7 Å². The van der Waals surface area contributed by atoms with E-state index < -0.39 is 18.2 Å². The smallest absolute Gasteiger partial charge is 0.407 e. The maximum atomic E-state index is 13.6. The van der Waals surface area contributed by atoms with Crippen LogP contribution in [0.5, 0.6) is 0 Å². The summed E-state index contributed by atoms with van der Waals surface area (Å²) in [5, 5.41) is 2.87. The van der Waals surface area contributed by atoms with Crippen molar-refractivity contribution in [2.24, 2.45) is 11.8 Å². The molecule has 164 valence electrons. The molecule has 3 rings (SSSR count). The first-order valence-corrected chi connectivity index (χ1v) is 12.9. The molecule has 1 aliphatic carbocycles. The number of hydrogen-bond donors (Lipinski definition) is 1. The highest BCUT2D eigenvalue weighted by Gasteiger charge is 2.49. The lowest BCUT2D eigenvalue weighted by Gasteiger charge is -2.35. The molecule has 0 aromatic rings. The van der Waals surface area contributed by atoms with Gasteiger partial charge in [0.15, 0.2) is 0 Å². The molecule has 1 spiro atoms. The number of nitrogens with one attached hydrogen (secondary N) is 1. The minimum Gasteiger partial charge on any atom is -0.449 e. The van der Waals surface area contributed by atoms with Crippen LogP contribution >= 0.6 is 23.5 Å². The van der Waals surface area contributed by atoms with E-state index in [0.29, 0.717) is 19.6 Å². The van der Waals surface area contributed by atoms with E-state index in [9.17, 15) is 14.4 Å². The fourth-order valence-electron chi connectivity index (χ4n) is 4.50. The molecule has 3 aliphatic rings. The lowest BCUT2D eigenvalue weighted by molar-refractivity contribution is -0.138. The molecule has 0 bridgehead atoms. The molecule has 3 fully saturated rings. The van der Waals surface area contributed by atoms with Crippen LogP contribution < -0.4 is 5.32 Å². The van der Waals surface area contributed by atoms with Crippen molar-refractivity contribution in [3.63, 3.8) is 0 Å². The monoisotopic (exact) mass is 442 g/mol. The van der Waals surface area contributed by atoms with Gasteiger partial charge >= 0.3 is 6.09 Å². The highest BCUT2D eigenvalue weighted by molar-refractivity contribution is 8.18. The second-order valence-electron chi connectivity index (χ2n) is 8.85. The van der Waals surface area contributed by atoms with Crippen molar-refractivity contribution < 1.29 is 19.1 Å². The summed E-state index contributed by atoms with van der Waals surface area (Å²) < 4.78 is 5.23. The molecular weight excluding hydrogens is 408 g/mol. The van der Waals surface area contributed by atoms with E-state index in [-0.39, 0.29) is 21.8 Å². The SMILES string of the molecule is CC(C)COC(=O)N[C@H](C(=O)N1CC2(C[C@H]1C=O)SCCCS2)C1CCCCC1. The number of rotatable bonds is 6. The van der Waals surface area contributed by atoms with Gasteiger partial charge in [-0.25, -0.2) is 4.79 Å². The topological polar surface area (TPSA) is 75.7 Å². The van der Waals surface area contributed by atoms with Gasteiger partial charge in [0, 0.05) is 13.0 Å². The van der Waals surface area contributed by atoms with Gasteiger partial charge in [0.05, 0.1) is 16.7 Å². The molecule has 0 aromatic carbocycles. The first kappa shape index (κ1) is 22.8. The van der Waals surface area contributed by atoms with Crippen molar-refractivity contribution in [2.45, 2.75) is 75.0 Å². The molecule has 29 heavy (non-hydrogen) atoms. The van der Waals surface area contributed by atoms with E-state index >= 15 is 0 Å². The fraction of sp³-hybridized carbons (Fsp3) is 0.857. The number of nitrogens with zero attached hydrogens (tertiary/aromatic N) is 1. The number of aldehydes is 1. The van der Waals surface area contributed by atoms with Crippen LogP contribution in [0.1, 0.15) is 58.8 Å². The molecule has 0 aromatic heterocycles. The van der Waals surface area contributed by atoms with E-state index in [1.807, 2.05) is 37.4 Å². The molecule has 2 heterocycles. The molecule has 2 aliphatic heterocycles. The second-order valence-corrected chi connectivity index (χ2v) is 12.1. The minimum absolute atomic E-state index is 0.0746. The van der Waals surface area contributed by atoms with Gasteiger partial charge in [0.2, 0.25) is 5.91 Å². The lowest BCUT2D eigenvalue weighted by atomic mass is 9.83. The summed E-state index contributed by atoms with van der Waals surface area (Å²) in [4.78, 5) is 39.5. The zero-order valence-electron chi connectivity index (χ0n) is 17.6. The van der Waals surface area contributed by atoms with E-state index in [4.69, 9.17) is 4.74 Å². The lowest BCUT2D eigenvalue weighted by Crippen LogP contribution is -2.54. The van der Waals surface area contributed by atoms with Crippen LogP contribution in [-0.2, 0) is 14.3 Å². The van der Waals surface area contributed by atoms with Crippen LogP contribution in [0, 0.1) is 11.8 Å². The maximum Gasteiger partial charge on any atom is 0.407 e. The number of ether oxygens (including phenoxy) is 1. The van der Waals surface area contributed by atoms with Crippen molar-refractivity contribution in [1.29, 1.82) is 0 Å². The normalized spacial score (nSPS) is 25.8. The maximum absolute atomic E-state index is 13.6. The van der Waals surface area contributed by atoms with Crippen molar-refractivity contribution in [3.8, 4) is 0 Å². The molecule has 1 N–H and O–H groups in total. The average Bonchev–Trinajstić information content (AvgIpc) is 3.09. The zero-order chi connectivity index (χ0) is 20.9. The van der Waals surface area contributed by atoms with E-state index in [0.717, 1.165) is 43.5 Å². The summed E-state index contributed by atoms with van der Waals surface area (Å²) in [5.41, 5.74) is 0. The van der Waals surface area contributed by atoms with Gasteiger partial charge in [-0.3, -0.25) is 4.79 Å². The summed E-state index contributed by atoms with van der Waals surface area (Å²) in [6.07, 6.45) is 7.43. The Morgan fingerprint density at radius 1 is 1.17 bits per heavy atom. The summed E-state index contributed by atoms with van der Waals surface area (Å²) in [7, 11) is 0. The van der Waals surface area contributed by atoms with Gasteiger partial charge in [0.1, 0.15) is 12.3 Å². The molecule has 0 radical (unpaired) electrons. The van der Waals surface area contributed by atoms with Gasteiger partial charge in [-0.2, -0.15) is 0 Å². The third-order valence-electron chi connectivity index (χ3n) is 6.00.